The SMILES string of the molecule is COc1ccc(C(OC[C@H]2O[C@@H](n3cc(C)c(=O)[nH]c3=O)C[C@@H]2OP(=S)(Oc2ccccc2)Oc2ccccc2)(c2ccccc2)c2ccc(OC)cc2)cc1. The summed E-state index contributed by atoms with van der Waals surface area (Å²) >= 11 is 6.12. The predicted molar refractivity (Wildman–Crippen MR) is 216 cm³/mol. The van der Waals surface area contributed by atoms with E-state index in [0.717, 1.165) is 16.7 Å². The predicted octanol–water partition coefficient (Wildman–Crippen LogP) is 7.93. The van der Waals surface area contributed by atoms with E-state index in [1.807, 2.05) is 115 Å². The number of methoxy groups -OCH3 is 2. The molecule has 1 aliphatic rings. The molecule has 1 N–H and O–H groups in total. The molecule has 1 aromatic heterocycles. The van der Waals surface area contributed by atoms with Crippen LogP contribution in [0.3, 0.4) is 0 Å². The average Bonchev–Trinajstić information content (AvgIpc) is 3.62. The second kappa shape index (κ2) is 17.1. The van der Waals surface area contributed by atoms with E-state index in [-0.39, 0.29) is 13.0 Å². The molecule has 7 rings (SSSR count). The standard InChI is InChI=1S/C43H41N2O9PS/c1-30-28-45(42(47)44-41(30)46)40-27-38(54-55(56,52-36-15-9-5-10-16-36)53-37-17-11-6-12-18-37)39(51-40)29-50-43(31-13-7-4-8-14-31,32-19-23-34(48-2)24-20-32)33-21-25-35(49-3)26-22-33/h4-26,28,38-40H,27,29H2,1-3H3,(H,44,46,47)/t38-,39+,40+/m0/s1. The maximum absolute atomic E-state index is 13.2. The lowest BCUT2D eigenvalue weighted by Gasteiger charge is -2.37. The maximum atomic E-state index is 13.2. The minimum Gasteiger partial charge on any atom is -0.497 e. The smallest absolute Gasteiger partial charge is 0.435 e. The Morgan fingerprint density at radius 3 is 1.70 bits per heavy atom. The number of nitrogens with one attached hydrogen (secondary N) is 1. The van der Waals surface area contributed by atoms with E-state index < -0.39 is 42.0 Å². The fraction of sp³-hybridized carbons (Fsp3) is 0.209. The third-order valence-corrected chi connectivity index (χ3v) is 11.6. The third kappa shape index (κ3) is 8.50. The molecular weight excluding hydrogens is 752 g/mol. The Labute approximate surface area is 329 Å². The molecule has 5 aromatic carbocycles. The van der Waals surface area contributed by atoms with Crippen LogP contribution in [0, 0.1) is 6.92 Å². The Hall–Kier alpha value is -5.49. The first-order chi connectivity index (χ1) is 27.2. The van der Waals surface area contributed by atoms with Gasteiger partial charge in [0.05, 0.1) is 20.8 Å². The monoisotopic (exact) mass is 792 g/mol. The first kappa shape index (κ1) is 38.8. The molecule has 1 saturated heterocycles. The Kier molecular flexibility index (Phi) is 11.8. The van der Waals surface area contributed by atoms with Gasteiger partial charge in [0.1, 0.15) is 47.0 Å². The van der Waals surface area contributed by atoms with Crippen molar-refractivity contribution in [2.45, 2.75) is 37.4 Å². The summed E-state index contributed by atoms with van der Waals surface area (Å²) in [5, 5.41) is 0. The van der Waals surface area contributed by atoms with Crippen LogP contribution >= 0.6 is 6.72 Å². The highest BCUT2D eigenvalue weighted by Crippen LogP contribution is 2.53. The number of benzene rings is 5. The molecule has 0 saturated carbocycles. The molecule has 1 aliphatic heterocycles. The van der Waals surface area contributed by atoms with E-state index >= 15 is 0 Å². The summed E-state index contributed by atoms with van der Waals surface area (Å²) in [6.45, 7) is -2.05. The number of hydrogen-bond donors (Lipinski definition) is 1. The van der Waals surface area contributed by atoms with Crippen LogP contribution in [0.4, 0.5) is 0 Å². The van der Waals surface area contributed by atoms with Gasteiger partial charge in [-0.1, -0.05) is 91.0 Å². The quantitative estimate of drug-likeness (QED) is 0.0812. The van der Waals surface area contributed by atoms with Gasteiger partial charge in [-0.3, -0.25) is 18.9 Å². The van der Waals surface area contributed by atoms with E-state index in [1.165, 1.54) is 10.8 Å². The van der Waals surface area contributed by atoms with Crippen molar-refractivity contribution >= 4 is 18.5 Å². The van der Waals surface area contributed by atoms with Crippen molar-refractivity contribution in [3.05, 3.63) is 189 Å². The Bertz CT molecular complexity index is 2280. The largest absolute Gasteiger partial charge is 0.497 e. The van der Waals surface area contributed by atoms with Crippen molar-refractivity contribution in [3.63, 3.8) is 0 Å². The zero-order valence-corrected chi connectivity index (χ0v) is 32.7. The molecule has 3 atom stereocenters. The topological polar surface area (TPSA) is 119 Å². The normalized spacial score (nSPS) is 16.9. The number of aromatic amines is 1. The van der Waals surface area contributed by atoms with Crippen molar-refractivity contribution < 1.29 is 32.5 Å². The van der Waals surface area contributed by atoms with Gasteiger partial charge in [-0.2, -0.15) is 0 Å². The Morgan fingerprint density at radius 2 is 1.20 bits per heavy atom. The molecule has 11 nitrogen and oxygen atoms in total. The van der Waals surface area contributed by atoms with Gasteiger partial charge in [0.2, 0.25) is 0 Å². The van der Waals surface area contributed by atoms with Crippen LogP contribution in [0.5, 0.6) is 23.0 Å². The minimum absolute atomic E-state index is 0.0444. The summed E-state index contributed by atoms with van der Waals surface area (Å²) in [6, 6.07) is 43.4. The van der Waals surface area contributed by atoms with Gasteiger partial charge in [-0.05, 0) is 72.1 Å². The van der Waals surface area contributed by atoms with Gasteiger partial charge in [0.25, 0.3) is 5.56 Å². The highest BCUT2D eigenvalue weighted by Gasteiger charge is 2.46. The van der Waals surface area contributed by atoms with Crippen molar-refractivity contribution in [2.75, 3.05) is 20.8 Å². The van der Waals surface area contributed by atoms with Crippen LogP contribution < -0.4 is 29.8 Å². The van der Waals surface area contributed by atoms with Crippen molar-refractivity contribution in [2.24, 2.45) is 0 Å². The summed E-state index contributed by atoms with van der Waals surface area (Å²) in [5.74, 6) is 2.30. The van der Waals surface area contributed by atoms with Crippen LogP contribution in [0.1, 0.15) is 34.9 Å². The van der Waals surface area contributed by atoms with Crippen LogP contribution in [-0.2, 0) is 31.4 Å². The number of H-pyrrole nitrogens is 1. The number of nitrogens with zero attached hydrogens (tertiary/aromatic N) is 1. The van der Waals surface area contributed by atoms with Crippen LogP contribution in [0.15, 0.2) is 155 Å². The first-order valence-electron chi connectivity index (χ1n) is 17.9. The molecule has 2 heterocycles. The van der Waals surface area contributed by atoms with Gasteiger partial charge in [0.15, 0.2) is 0 Å². The summed E-state index contributed by atoms with van der Waals surface area (Å²) in [6.07, 6.45) is -0.858. The van der Waals surface area contributed by atoms with Crippen LogP contribution in [0.2, 0.25) is 0 Å². The Balaban J connectivity index is 1.31. The van der Waals surface area contributed by atoms with Crippen LogP contribution in [0.25, 0.3) is 0 Å². The second-order valence-electron chi connectivity index (χ2n) is 13.1. The molecule has 0 spiro atoms. The van der Waals surface area contributed by atoms with Gasteiger partial charge in [-0.25, -0.2) is 4.79 Å². The highest BCUT2D eigenvalue weighted by atomic mass is 32.5. The van der Waals surface area contributed by atoms with E-state index in [9.17, 15) is 9.59 Å². The molecule has 1 fully saturated rings. The lowest BCUT2D eigenvalue weighted by molar-refractivity contribution is -0.0922. The van der Waals surface area contributed by atoms with E-state index in [1.54, 1.807) is 45.4 Å². The van der Waals surface area contributed by atoms with Gasteiger partial charge >= 0.3 is 12.4 Å². The molecule has 0 unspecified atom stereocenters. The minimum atomic E-state index is -3.63. The highest BCUT2D eigenvalue weighted by molar-refractivity contribution is 8.07. The first-order valence-corrected chi connectivity index (χ1v) is 20.5. The molecule has 56 heavy (non-hydrogen) atoms. The van der Waals surface area contributed by atoms with E-state index in [4.69, 9.17) is 44.3 Å². The van der Waals surface area contributed by atoms with Crippen molar-refractivity contribution in [3.8, 4) is 23.0 Å². The van der Waals surface area contributed by atoms with E-state index in [0.29, 0.717) is 28.6 Å². The lowest BCUT2D eigenvalue weighted by Crippen LogP contribution is -2.38. The fourth-order valence-corrected chi connectivity index (χ4v) is 8.95. The van der Waals surface area contributed by atoms with Gasteiger partial charge < -0.3 is 28.0 Å². The van der Waals surface area contributed by atoms with E-state index in [2.05, 4.69) is 4.98 Å². The van der Waals surface area contributed by atoms with Gasteiger partial charge in [-0.15, -0.1) is 0 Å². The zero-order valence-electron chi connectivity index (χ0n) is 31.0. The maximum Gasteiger partial charge on any atom is 0.435 e. The fourth-order valence-electron chi connectivity index (χ4n) is 6.66. The van der Waals surface area contributed by atoms with Crippen molar-refractivity contribution in [1.82, 2.24) is 9.55 Å². The number of aromatic nitrogens is 2. The number of rotatable bonds is 15. The number of para-hydroxylation sites is 2. The molecule has 0 aliphatic carbocycles. The number of aryl methyl sites for hydroxylation is 1. The molecular formula is C43H41N2O9PS. The molecule has 0 amide bonds. The molecule has 6 aromatic rings. The second-order valence-corrected chi connectivity index (χ2v) is 15.9. The lowest BCUT2D eigenvalue weighted by atomic mass is 9.80. The average molecular weight is 793 g/mol. The molecule has 288 valence electrons. The summed E-state index contributed by atoms with van der Waals surface area (Å²) in [5.41, 5.74) is 0.543. The van der Waals surface area contributed by atoms with Crippen molar-refractivity contribution in [1.29, 1.82) is 0 Å². The molecule has 0 bridgehead atoms. The van der Waals surface area contributed by atoms with Crippen LogP contribution in [-0.4, -0.2) is 42.6 Å². The third-order valence-electron chi connectivity index (χ3n) is 9.46. The zero-order chi connectivity index (χ0) is 39.1. The number of hydrogen-bond acceptors (Lipinski definition) is 10. The Morgan fingerprint density at radius 1 is 0.714 bits per heavy atom. The summed E-state index contributed by atoms with van der Waals surface area (Å²) in [7, 11) is 3.24. The summed E-state index contributed by atoms with van der Waals surface area (Å²) in [4.78, 5) is 27.9. The molecule has 13 heteroatoms. The summed E-state index contributed by atoms with van der Waals surface area (Å²) < 4.78 is 45.8. The number of ether oxygens (including phenoxy) is 4. The van der Waals surface area contributed by atoms with Gasteiger partial charge in [0, 0.05) is 30.0 Å². The molecule has 0 radical (unpaired) electrons.